The first kappa shape index (κ1) is 21.7. The van der Waals surface area contributed by atoms with E-state index in [1.165, 1.54) is 23.3 Å². The van der Waals surface area contributed by atoms with Gasteiger partial charge in [0.05, 0.1) is 10.4 Å². The number of nitrogens with zero attached hydrogens (tertiary/aromatic N) is 4. The van der Waals surface area contributed by atoms with Crippen LogP contribution in [-0.4, -0.2) is 19.6 Å². The molecule has 4 nitrogen and oxygen atoms in total. The second kappa shape index (κ2) is 8.75. The lowest BCUT2D eigenvalue weighted by molar-refractivity contribution is 0.700. The molecule has 33 heavy (non-hydrogen) atoms. The van der Waals surface area contributed by atoms with Gasteiger partial charge in [-0.25, -0.2) is 4.98 Å². The van der Waals surface area contributed by atoms with Gasteiger partial charge in [0.15, 0.2) is 16.6 Å². The van der Waals surface area contributed by atoms with Gasteiger partial charge >= 0.3 is 0 Å². The highest BCUT2D eigenvalue weighted by atomic mass is 35.5. The van der Waals surface area contributed by atoms with E-state index in [-0.39, 0.29) is 0 Å². The Morgan fingerprint density at radius 3 is 2.48 bits per heavy atom. The van der Waals surface area contributed by atoms with Crippen molar-refractivity contribution in [1.82, 2.24) is 19.6 Å². The lowest BCUT2D eigenvalue weighted by Gasteiger charge is -2.12. The topological polar surface area (TPSA) is 43.1 Å². The molecule has 0 spiro atoms. The molecule has 9 heteroatoms. The SMILES string of the molecule is Clc1ccccc1-c1nc2sc3c(c2c2nnc(SCc4c(Cl)cccc4Cl)n12)CCCC3. The first-order chi connectivity index (χ1) is 16.1. The number of fused-ring (bicyclic) bond motifs is 5. The summed E-state index contributed by atoms with van der Waals surface area (Å²) in [4.78, 5) is 7.53. The molecule has 1 aliphatic rings. The highest BCUT2D eigenvalue weighted by Crippen LogP contribution is 2.41. The molecule has 3 heterocycles. The van der Waals surface area contributed by atoms with Gasteiger partial charge in [0.25, 0.3) is 0 Å². The van der Waals surface area contributed by atoms with Gasteiger partial charge in [0.2, 0.25) is 0 Å². The van der Waals surface area contributed by atoms with Crippen LogP contribution in [0.2, 0.25) is 15.1 Å². The van der Waals surface area contributed by atoms with Gasteiger partial charge < -0.3 is 0 Å². The number of aromatic nitrogens is 4. The van der Waals surface area contributed by atoms with Crippen molar-refractivity contribution in [3.8, 4) is 11.4 Å². The maximum atomic E-state index is 6.61. The Morgan fingerprint density at radius 2 is 1.67 bits per heavy atom. The summed E-state index contributed by atoms with van der Waals surface area (Å²) in [5.74, 6) is 1.32. The van der Waals surface area contributed by atoms with Crippen LogP contribution in [0.4, 0.5) is 0 Å². The minimum atomic E-state index is 0.570. The van der Waals surface area contributed by atoms with Crippen molar-refractivity contribution in [2.45, 2.75) is 36.6 Å². The maximum Gasteiger partial charge on any atom is 0.197 e. The van der Waals surface area contributed by atoms with Crippen molar-refractivity contribution in [3.63, 3.8) is 0 Å². The Hall–Kier alpha value is -1.83. The fourth-order valence-corrected chi connectivity index (χ4v) is 7.50. The predicted molar refractivity (Wildman–Crippen MR) is 139 cm³/mol. The zero-order chi connectivity index (χ0) is 22.5. The van der Waals surface area contributed by atoms with Gasteiger partial charge in [-0.2, -0.15) is 0 Å². The first-order valence-electron chi connectivity index (χ1n) is 10.6. The third-order valence-corrected chi connectivity index (χ3v) is 9.13. The molecular weight excluding hydrogens is 515 g/mol. The average Bonchev–Trinajstić information content (AvgIpc) is 3.40. The van der Waals surface area contributed by atoms with Crippen molar-refractivity contribution in [3.05, 3.63) is 73.5 Å². The van der Waals surface area contributed by atoms with E-state index >= 15 is 0 Å². The molecule has 166 valence electrons. The molecule has 0 saturated heterocycles. The van der Waals surface area contributed by atoms with Crippen molar-refractivity contribution >= 4 is 73.8 Å². The van der Waals surface area contributed by atoms with Crippen molar-refractivity contribution in [2.24, 2.45) is 0 Å². The molecule has 2 aromatic carbocycles. The first-order valence-corrected chi connectivity index (χ1v) is 13.6. The molecule has 0 aliphatic heterocycles. The van der Waals surface area contributed by atoms with Crippen LogP contribution in [0.1, 0.15) is 28.8 Å². The van der Waals surface area contributed by atoms with E-state index in [2.05, 4.69) is 10.2 Å². The maximum absolute atomic E-state index is 6.61. The van der Waals surface area contributed by atoms with Crippen molar-refractivity contribution in [2.75, 3.05) is 0 Å². The summed E-state index contributed by atoms with van der Waals surface area (Å²) in [6.07, 6.45) is 4.57. The molecule has 5 aromatic rings. The summed E-state index contributed by atoms with van der Waals surface area (Å²) in [5.41, 5.74) is 3.95. The third-order valence-electron chi connectivity index (χ3n) is 5.95. The number of thiophene rings is 1. The smallest absolute Gasteiger partial charge is 0.197 e. The second-order valence-corrected chi connectivity index (χ2v) is 11.2. The zero-order valence-corrected chi connectivity index (χ0v) is 21.2. The molecule has 6 rings (SSSR count). The number of halogens is 3. The minimum Gasteiger partial charge on any atom is -0.253 e. The fraction of sp³-hybridized carbons (Fsp3) is 0.208. The number of thioether (sulfide) groups is 1. The van der Waals surface area contributed by atoms with Gasteiger partial charge in [-0.15, -0.1) is 21.5 Å². The van der Waals surface area contributed by atoms with Crippen LogP contribution in [0.5, 0.6) is 0 Å². The van der Waals surface area contributed by atoms with Gasteiger partial charge in [-0.3, -0.25) is 4.40 Å². The third kappa shape index (κ3) is 3.72. The van der Waals surface area contributed by atoms with Crippen LogP contribution in [0.25, 0.3) is 27.3 Å². The summed E-state index contributed by atoms with van der Waals surface area (Å²) in [5, 5.41) is 13.0. The van der Waals surface area contributed by atoms with Crippen molar-refractivity contribution in [1.29, 1.82) is 0 Å². The molecule has 0 amide bonds. The van der Waals surface area contributed by atoms with E-state index in [1.54, 1.807) is 23.1 Å². The van der Waals surface area contributed by atoms with Crippen LogP contribution in [0, 0.1) is 0 Å². The van der Waals surface area contributed by atoms with E-state index in [9.17, 15) is 0 Å². The van der Waals surface area contributed by atoms with Crippen LogP contribution in [0.15, 0.2) is 47.6 Å². The Balaban J connectivity index is 1.57. The van der Waals surface area contributed by atoms with E-state index in [0.29, 0.717) is 20.8 Å². The summed E-state index contributed by atoms with van der Waals surface area (Å²) < 4.78 is 2.04. The van der Waals surface area contributed by atoms with Crippen LogP contribution in [0.3, 0.4) is 0 Å². The Morgan fingerprint density at radius 1 is 0.909 bits per heavy atom. The molecule has 0 unspecified atom stereocenters. The highest BCUT2D eigenvalue weighted by Gasteiger charge is 2.25. The van der Waals surface area contributed by atoms with Gasteiger partial charge in [0, 0.05) is 26.2 Å². The fourth-order valence-electron chi connectivity index (χ4n) is 4.35. The Bertz CT molecular complexity index is 1510. The van der Waals surface area contributed by atoms with E-state index in [0.717, 1.165) is 50.8 Å². The van der Waals surface area contributed by atoms with Crippen LogP contribution < -0.4 is 0 Å². The number of hydrogen-bond donors (Lipinski definition) is 0. The number of hydrogen-bond acceptors (Lipinski definition) is 5. The monoisotopic (exact) mass is 530 g/mol. The summed E-state index contributed by atoms with van der Waals surface area (Å²) >= 11 is 22.7. The number of benzene rings is 2. The number of rotatable bonds is 4. The van der Waals surface area contributed by atoms with Crippen molar-refractivity contribution < 1.29 is 0 Å². The normalized spacial score (nSPS) is 13.7. The van der Waals surface area contributed by atoms with E-state index in [1.807, 2.05) is 46.9 Å². The van der Waals surface area contributed by atoms with Crippen LogP contribution in [-0.2, 0) is 18.6 Å². The Labute approximate surface area is 213 Å². The van der Waals surface area contributed by atoms with Crippen LogP contribution >= 0.6 is 57.9 Å². The van der Waals surface area contributed by atoms with Gasteiger partial charge in [0.1, 0.15) is 4.83 Å². The summed E-state index contributed by atoms with van der Waals surface area (Å²) in [7, 11) is 0. The number of aryl methyl sites for hydroxylation is 2. The predicted octanol–water partition coefficient (Wildman–Crippen LogP) is 8.14. The largest absolute Gasteiger partial charge is 0.253 e. The molecule has 0 radical (unpaired) electrons. The molecule has 0 saturated carbocycles. The summed E-state index contributed by atoms with van der Waals surface area (Å²) in [6.45, 7) is 0. The molecule has 3 aromatic heterocycles. The van der Waals surface area contributed by atoms with E-state index in [4.69, 9.17) is 39.8 Å². The molecule has 0 N–H and O–H groups in total. The standard InChI is InChI=1S/C24H17Cl3N4S2/c25-16-8-3-1-6-13(16)21-28-23-20(14-7-2-4-11-19(14)33-23)22-29-30-24(31(21)22)32-12-15-17(26)9-5-10-18(15)27/h1,3,5-6,8-10H,2,4,7,11-12H2. The lowest BCUT2D eigenvalue weighted by atomic mass is 9.97. The van der Waals surface area contributed by atoms with E-state index < -0.39 is 0 Å². The minimum absolute atomic E-state index is 0.570. The zero-order valence-electron chi connectivity index (χ0n) is 17.3. The summed E-state index contributed by atoms with van der Waals surface area (Å²) in [6, 6.07) is 13.3. The van der Waals surface area contributed by atoms with Gasteiger partial charge in [-0.1, -0.05) is 64.8 Å². The second-order valence-electron chi connectivity index (χ2n) is 7.94. The molecule has 1 aliphatic carbocycles. The lowest BCUT2D eigenvalue weighted by Crippen LogP contribution is -2.01. The molecule has 0 atom stereocenters. The average molecular weight is 532 g/mol. The molecule has 0 fully saturated rings. The molecular formula is C24H17Cl3N4S2. The highest BCUT2D eigenvalue weighted by molar-refractivity contribution is 7.98. The Kier molecular flexibility index (Phi) is 5.75. The molecule has 0 bridgehead atoms. The quantitative estimate of drug-likeness (QED) is 0.220. The van der Waals surface area contributed by atoms with Gasteiger partial charge in [-0.05, 0) is 61.1 Å².